The van der Waals surface area contributed by atoms with Crippen LogP contribution in [0.4, 0.5) is 17.1 Å². The number of pyridine rings is 3. The van der Waals surface area contributed by atoms with Gasteiger partial charge in [-0.1, -0.05) is 158 Å². The summed E-state index contributed by atoms with van der Waals surface area (Å²) in [5.74, 6) is 0. The van der Waals surface area contributed by atoms with Crippen LogP contribution in [0.1, 0.15) is 0 Å². The van der Waals surface area contributed by atoms with Crippen molar-refractivity contribution in [3.8, 4) is 33.8 Å². The van der Waals surface area contributed by atoms with Crippen LogP contribution in [0.15, 0.2) is 206 Å². The molecule has 0 unspecified atom stereocenters. The van der Waals surface area contributed by atoms with Gasteiger partial charge in [0.2, 0.25) is 0 Å². The first-order chi connectivity index (χ1) is 28.3. The quantitative estimate of drug-likeness (QED) is 0.160. The molecule has 8 aromatic carbocycles. The van der Waals surface area contributed by atoms with Crippen LogP contribution in [0.25, 0.3) is 88.0 Å². The third-order valence-electron chi connectivity index (χ3n) is 11.0. The molecule has 0 aliphatic carbocycles. The highest BCUT2D eigenvalue weighted by Gasteiger charge is 2.21. The molecule has 0 aliphatic heterocycles. The van der Waals surface area contributed by atoms with E-state index in [-0.39, 0.29) is 0 Å². The first kappa shape index (κ1) is 32.7. The highest BCUT2D eigenvalue weighted by Crippen LogP contribution is 2.46. The molecular formula is C53H34N4. The number of hydrogen-bond donors (Lipinski definition) is 0. The fraction of sp³-hybridized carbons (Fsp3) is 0. The summed E-state index contributed by atoms with van der Waals surface area (Å²) in [5, 5.41) is 7.75. The molecule has 0 saturated heterocycles. The van der Waals surface area contributed by atoms with Crippen molar-refractivity contribution in [2.45, 2.75) is 0 Å². The summed E-state index contributed by atoms with van der Waals surface area (Å²) >= 11 is 0. The maximum absolute atomic E-state index is 5.44. The van der Waals surface area contributed by atoms with E-state index in [1.165, 1.54) is 0 Å². The van der Waals surface area contributed by atoms with Crippen LogP contribution in [0, 0.1) is 0 Å². The SMILES string of the molecule is c1ccc(-c2ccc3ccc4ccc(-c5cccc6c5ccc5c(-c7ccccc7)nc7cccc(N(c8ccccc8)c8ccccc8)c7c56)nc4c3n2)cc1. The average molecular weight is 727 g/mol. The Balaban J connectivity index is 1.20. The van der Waals surface area contributed by atoms with Gasteiger partial charge < -0.3 is 4.90 Å². The lowest BCUT2D eigenvalue weighted by atomic mass is 9.91. The van der Waals surface area contributed by atoms with Crippen LogP contribution in [-0.2, 0) is 0 Å². The second-order valence-corrected chi connectivity index (χ2v) is 14.4. The number of anilines is 3. The molecule has 0 radical (unpaired) electrons. The Hall–Kier alpha value is -7.69. The lowest BCUT2D eigenvalue weighted by molar-refractivity contribution is 1.29. The molecule has 3 aromatic heterocycles. The van der Waals surface area contributed by atoms with Gasteiger partial charge in [-0.25, -0.2) is 15.0 Å². The van der Waals surface area contributed by atoms with Crippen molar-refractivity contribution in [1.82, 2.24) is 15.0 Å². The van der Waals surface area contributed by atoms with Crippen molar-refractivity contribution < 1.29 is 0 Å². The minimum atomic E-state index is 0.894. The Labute approximate surface area is 330 Å². The van der Waals surface area contributed by atoms with Crippen LogP contribution >= 0.6 is 0 Å². The second kappa shape index (κ2) is 13.6. The van der Waals surface area contributed by atoms with E-state index in [0.717, 1.165) is 105 Å². The topological polar surface area (TPSA) is 41.9 Å². The predicted molar refractivity (Wildman–Crippen MR) is 238 cm³/mol. The molecule has 0 fully saturated rings. The zero-order chi connectivity index (χ0) is 37.7. The molecule has 0 spiro atoms. The summed E-state index contributed by atoms with van der Waals surface area (Å²) in [7, 11) is 0. The van der Waals surface area contributed by atoms with Crippen LogP contribution in [0.2, 0.25) is 0 Å². The van der Waals surface area contributed by atoms with Crippen LogP contribution < -0.4 is 4.90 Å². The molecule has 0 aliphatic rings. The van der Waals surface area contributed by atoms with E-state index in [4.69, 9.17) is 15.0 Å². The molecule has 3 heterocycles. The fourth-order valence-electron chi connectivity index (χ4n) is 8.38. The Morgan fingerprint density at radius 3 is 1.54 bits per heavy atom. The van der Waals surface area contributed by atoms with Gasteiger partial charge in [0, 0.05) is 55.0 Å². The number of benzene rings is 8. The zero-order valence-corrected chi connectivity index (χ0v) is 30.9. The van der Waals surface area contributed by atoms with Crippen LogP contribution in [0.5, 0.6) is 0 Å². The minimum Gasteiger partial charge on any atom is -0.310 e. The zero-order valence-electron chi connectivity index (χ0n) is 30.9. The standard InChI is InChI=1S/C53H34N4/c1-5-15-35(16-6-1)45-33-29-37-27-28-38-30-34-46(55-53(38)52(37)54-45)42-23-13-24-43-41(42)31-32-44-49(43)50-47(56-51(44)36-17-7-2-8-18-36)25-14-26-48(50)57(39-19-9-3-10-20-39)40-21-11-4-12-22-40/h1-34H. The Morgan fingerprint density at radius 2 is 0.877 bits per heavy atom. The van der Waals surface area contributed by atoms with Gasteiger partial charge in [0.15, 0.2) is 0 Å². The van der Waals surface area contributed by atoms with E-state index in [1.807, 2.05) is 6.07 Å². The third kappa shape index (κ3) is 5.58. The van der Waals surface area contributed by atoms with Crippen molar-refractivity contribution in [2.24, 2.45) is 0 Å². The van der Waals surface area contributed by atoms with Gasteiger partial charge in [0.05, 0.1) is 39.3 Å². The van der Waals surface area contributed by atoms with Gasteiger partial charge >= 0.3 is 0 Å². The fourth-order valence-corrected chi connectivity index (χ4v) is 8.38. The molecule has 11 aromatic rings. The molecule has 266 valence electrons. The molecule has 0 N–H and O–H groups in total. The smallest absolute Gasteiger partial charge is 0.0972 e. The van der Waals surface area contributed by atoms with Gasteiger partial charge in [-0.15, -0.1) is 0 Å². The van der Waals surface area contributed by atoms with E-state index < -0.39 is 0 Å². The summed E-state index contributed by atoms with van der Waals surface area (Å²) in [6.45, 7) is 0. The lowest BCUT2D eigenvalue weighted by Crippen LogP contribution is -2.10. The van der Waals surface area contributed by atoms with Crippen molar-refractivity contribution in [3.63, 3.8) is 0 Å². The van der Waals surface area contributed by atoms with Gasteiger partial charge in [-0.3, -0.25) is 0 Å². The molecule has 11 rings (SSSR count). The highest BCUT2D eigenvalue weighted by molar-refractivity contribution is 6.27. The monoisotopic (exact) mass is 726 g/mol. The second-order valence-electron chi connectivity index (χ2n) is 14.4. The van der Waals surface area contributed by atoms with Crippen molar-refractivity contribution >= 4 is 71.3 Å². The Bertz CT molecular complexity index is 3240. The maximum atomic E-state index is 5.44. The normalized spacial score (nSPS) is 11.5. The Kier molecular flexibility index (Phi) is 7.78. The molecule has 0 bridgehead atoms. The number of para-hydroxylation sites is 2. The first-order valence-electron chi connectivity index (χ1n) is 19.3. The largest absolute Gasteiger partial charge is 0.310 e. The van der Waals surface area contributed by atoms with E-state index in [9.17, 15) is 0 Å². The molecule has 0 atom stereocenters. The summed E-state index contributed by atoms with van der Waals surface area (Å²) in [5.41, 5.74) is 12.0. The minimum absolute atomic E-state index is 0.894. The van der Waals surface area contributed by atoms with Gasteiger partial charge in [0.25, 0.3) is 0 Å². The number of aromatic nitrogens is 3. The van der Waals surface area contributed by atoms with Crippen LogP contribution in [-0.4, -0.2) is 15.0 Å². The van der Waals surface area contributed by atoms with E-state index in [0.29, 0.717) is 0 Å². The van der Waals surface area contributed by atoms with Gasteiger partial charge in [-0.2, -0.15) is 0 Å². The molecule has 4 nitrogen and oxygen atoms in total. The summed E-state index contributed by atoms with van der Waals surface area (Å²) < 4.78 is 0. The molecule has 4 heteroatoms. The van der Waals surface area contributed by atoms with Crippen molar-refractivity contribution in [1.29, 1.82) is 0 Å². The Morgan fingerprint density at radius 1 is 0.333 bits per heavy atom. The summed E-state index contributed by atoms with van der Waals surface area (Å²) in [6, 6.07) is 72.5. The first-order valence-corrected chi connectivity index (χ1v) is 19.3. The molecule has 57 heavy (non-hydrogen) atoms. The molecular weight excluding hydrogens is 693 g/mol. The van der Waals surface area contributed by atoms with Crippen LogP contribution in [0.3, 0.4) is 0 Å². The predicted octanol–water partition coefficient (Wildman–Crippen LogP) is 14.1. The van der Waals surface area contributed by atoms with Crippen molar-refractivity contribution in [3.05, 3.63) is 206 Å². The summed E-state index contributed by atoms with van der Waals surface area (Å²) in [6.07, 6.45) is 0. The van der Waals surface area contributed by atoms with Crippen molar-refractivity contribution in [2.75, 3.05) is 4.90 Å². The van der Waals surface area contributed by atoms with E-state index >= 15 is 0 Å². The number of nitrogens with zero attached hydrogens (tertiary/aromatic N) is 4. The number of fused-ring (bicyclic) bond motifs is 8. The van der Waals surface area contributed by atoms with E-state index in [2.05, 4.69) is 205 Å². The maximum Gasteiger partial charge on any atom is 0.0972 e. The average Bonchev–Trinajstić information content (AvgIpc) is 3.29. The third-order valence-corrected chi connectivity index (χ3v) is 11.0. The van der Waals surface area contributed by atoms with Gasteiger partial charge in [-0.05, 0) is 59.3 Å². The molecule has 0 saturated carbocycles. The highest BCUT2D eigenvalue weighted by atomic mass is 15.1. The lowest BCUT2D eigenvalue weighted by Gasteiger charge is -2.27. The number of hydrogen-bond acceptors (Lipinski definition) is 4. The summed E-state index contributed by atoms with van der Waals surface area (Å²) in [4.78, 5) is 18.4. The van der Waals surface area contributed by atoms with E-state index in [1.54, 1.807) is 0 Å². The van der Waals surface area contributed by atoms with Gasteiger partial charge in [0.1, 0.15) is 0 Å². The molecule has 0 amide bonds. The number of rotatable bonds is 6.